The topological polar surface area (TPSA) is 49.4 Å². The lowest BCUT2D eigenvalue weighted by atomic mass is 9.75. The average molecular weight is 394 g/mol. The standard InChI is InChI=1S/C24H27FN2O2/c25-21-14-8-7-13-20(21)24(23(29)26-19-11-5-2-6-12-19)17-22(28)27(24)16-15-18-9-3-1-4-10-18/h1,3-4,7-10,13-14,19H,2,5-6,11-12,15-17H2,(H,26,29). The van der Waals surface area contributed by atoms with E-state index in [2.05, 4.69) is 5.32 Å². The molecule has 1 aliphatic carbocycles. The quantitative estimate of drug-likeness (QED) is 0.755. The Morgan fingerprint density at radius 2 is 1.72 bits per heavy atom. The molecule has 152 valence electrons. The maximum atomic E-state index is 14.8. The summed E-state index contributed by atoms with van der Waals surface area (Å²) in [6.45, 7) is 0.384. The van der Waals surface area contributed by atoms with Gasteiger partial charge in [0.25, 0.3) is 5.91 Å². The molecule has 2 aromatic carbocycles. The fraction of sp³-hybridized carbons (Fsp3) is 0.417. The summed E-state index contributed by atoms with van der Waals surface area (Å²) in [7, 11) is 0. The third-order valence-corrected chi connectivity index (χ3v) is 6.27. The summed E-state index contributed by atoms with van der Waals surface area (Å²) in [5.74, 6) is -0.798. The summed E-state index contributed by atoms with van der Waals surface area (Å²) in [5, 5.41) is 3.14. The Morgan fingerprint density at radius 1 is 1.03 bits per heavy atom. The number of nitrogens with zero attached hydrogens (tertiary/aromatic N) is 1. The van der Waals surface area contributed by atoms with Gasteiger partial charge < -0.3 is 10.2 Å². The van der Waals surface area contributed by atoms with Gasteiger partial charge in [0.2, 0.25) is 5.91 Å². The SMILES string of the molecule is O=C1CC(C(=O)NC2CCCCC2)(c2ccccc2F)N1CCc1ccccc1. The molecule has 1 unspecified atom stereocenters. The van der Waals surface area contributed by atoms with Gasteiger partial charge in [-0.15, -0.1) is 0 Å². The molecule has 4 nitrogen and oxygen atoms in total. The van der Waals surface area contributed by atoms with Crippen LogP contribution in [0.5, 0.6) is 0 Å². The van der Waals surface area contributed by atoms with E-state index in [1.54, 1.807) is 23.1 Å². The first-order chi connectivity index (χ1) is 14.1. The number of rotatable bonds is 6. The summed E-state index contributed by atoms with van der Waals surface area (Å²) in [6.07, 6.45) is 5.89. The number of likely N-dealkylation sites (tertiary alicyclic amines) is 1. The van der Waals surface area contributed by atoms with Crippen LogP contribution in [-0.2, 0) is 21.5 Å². The molecule has 0 radical (unpaired) electrons. The largest absolute Gasteiger partial charge is 0.351 e. The van der Waals surface area contributed by atoms with Gasteiger partial charge in [0.05, 0.1) is 6.42 Å². The van der Waals surface area contributed by atoms with Gasteiger partial charge in [-0.05, 0) is 30.9 Å². The minimum absolute atomic E-state index is 0.0152. The fourth-order valence-corrected chi connectivity index (χ4v) is 4.65. The molecule has 0 aromatic heterocycles. The summed E-state index contributed by atoms with van der Waals surface area (Å²) < 4.78 is 14.8. The molecular formula is C24H27FN2O2. The Bertz CT molecular complexity index is 879. The Labute approximate surface area is 171 Å². The van der Waals surface area contributed by atoms with Crippen LogP contribution in [0.2, 0.25) is 0 Å². The van der Waals surface area contributed by atoms with E-state index in [1.165, 1.54) is 12.5 Å². The summed E-state index contributed by atoms with van der Waals surface area (Å²) in [6, 6.07) is 16.3. The van der Waals surface area contributed by atoms with E-state index in [-0.39, 0.29) is 24.3 Å². The molecule has 2 amide bonds. The molecule has 1 atom stereocenters. The number of benzene rings is 2. The van der Waals surface area contributed by atoms with E-state index < -0.39 is 11.4 Å². The molecule has 2 aliphatic rings. The van der Waals surface area contributed by atoms with Crippen molar-refractivity contribution in [2.45, 2.75) is 56.5 Å². The number of β-lactam (4-membered cyclic amide) rings is 1. The van der Waals surface area contributed by atoms with Crippen LogP contribution in [0.25, 0.3) is 0 Å². The predicted molar refractivity (Wildman–Crippen MR) is 110 cm³/mol. The average Bonchev–Trinajstić information content (AvgIpc) is 2.74. The van der Waals surface area contributed by atoms with Crippen molar-refractivity contribution < 1.29 is 14.0 Å². The van der Waals surface area contributed by atoms with Crippen molar-refractivity contribution in [3.8, 4) is 0 Å². The normalized spacial score (nSPS) is 22.2. The number of hydrogen-bond donors (Lipinski definition) is 1. The van der Waals surface area contributed by atoms with Gasteiger partial charge in [-0.1, -0.05) is 67.8 Å². The van der Waals surface area contributed by atoms with Gasteiger partial charge in [0, 0.05) is 18.2 Å². The van der Waals surface area contributed by atoms with E-state index in [0.717, 1.165) is 31.2 Å². The number of amides is 2. The van der Waals surface area contributed by atoms with Crippen molar-refractivity contribution in [2.75, 3.05) is 6.54 Å². The predicted octanol–water partition coefficient (Wildman–Crippen LogP) is 3.94. The molecule has 1 heterocycles. The second kappa shape index (κ2) is 8.36. The van der Waals surface area contributed by atoms with Crippen molar-refractivity contribution in [2.24, 2.45) is 0 Å². The van der Waals surface area contributed by atoms with Crippen LogP contribution >= 0.6 is 0 Å². The third kappa shape index (κ3) is 3.78. The second-order valence-electron chi connectivity index (χ2n) is 8.11. The van der Waals surface area contributed by atoms with Gasteiger partial charge in [-0.2, -0.15) is 0 Å². The van der Waals surface area contributed by atoms with Crippen molar-refractivity contribution >= 4 is 11.8 Å². The van der Waals surface area contributed by atoms with Crippen LogP contribution in [0.15, 0.2) is 54.6 Å². The number of carbonyl (C=O) groups is 2. The summed E-state index contributed by atoms with van der Waals surface area (Å²) in [5.41, 5.74) is 0.123. The molecule has 1 saturated carbocycles. The highest BCUT2D eigenvalue weighted by molar-refractivity contribution is 6.02. The van der Waals surface area contributed by atoms with E-state index in [4.69, 9.17) is 0 Å². The van der Waals surface area contributed by atoms with Crippen LogP contribution in [0, 0.1) is 5.82 Å². The molecule has 0 bridgehead atoms. The van der Waals surface area contributed by atoms with Gasteiger partial charge >= 0.3 is 0 Å². The lowest BCUT2D eigenvalue weighted by Crippen LogP contribution is -2.69. The van der Waals surface area contributed by atoms with Crippen molar-refractivity contribution in [1.29, 1.82) is 0 Å². The van der Waals surface area contributed by atoms with Gasteiger partial charge in [0.15, 0.2) is 5.54 Å². The molecule has 1 N–H and O–H groups in total. The minimum Gasteiger partial charge on any atom is -0.351 e. The molecule has 0 spiro atoms. The highest BCUT2D eigenvalue weighted by Crippen LogP contribution is 2.43. The van der Waals surface area contributed by atoms with E-state index in [9.17, 15) is 14.0 Å². The van der Waals surface area contributed by atoms with Crippen molar-refractivity contribution in [3.63, 3.8) is 0 Å². The Morgan fingerprint density at radius 3 is 2.41 bits per heavy atom. The molecular weight excluding hydrogens is 367 g/mol. The highest BCUT2D eigenvalue weighted by atomic mass is 19.1. The van der Waals surface area contributed by atoms with E-state index in [0.29, 0.717) is 18.5 Å². The maximum Gasteiger partial charge on any atom is 0.251 e. The van der Waals surface area contributed by atoms with Crippen LogP contribution in [0.4, 0.5) is 4.39 Å². The molecule has 4 rings (SSSR count). The first kappa shape index (κ1) is 19.6. The zero-order chi connectivity index (χ0) is 20.3. The van der Waals surface area contributed by atoms with Gasteiger partial charge in [-0.25, -0.2) is 4.39 Å². The first-order valence-electron chi connectivity index (χ1n) is 10.5. The molecule has 5 heteroatoms. The fourth-order valence-electron chi connectivity index (χ4n) is 4.65. The van der Waals surface area contributed by atoms with E-state index in [1.807, 2.05) is 30.3 Å². The maximum absolute atomic E-state index is 14.8. The third-order valence-electron chi connectivity index (χ3n) is 6.27. The Hall–Kier alpha value is -2.69. The molecule has 1 aliphatic heterocycles. The first-order valence-corrected chi connectivity index (χ1v) is 10.5. The Balaban J connectivity index is 1.62. The summed E-state index contributed by atoms with van der Waals surface area (Å²) in [4.78, 5) is 27.6. The number of hydrogen-bond acceptors (Lipinski definition) is 2. The number of nitrogens with one attached hydrogen (secondary N) is 1. The van der Waals surface area contributed by atoms with E-state index >= 15 is 0 Å². The summed E-state index contributed by atoms with van der Waals surface area (Å²) >= 11 is 0. The van der Waals surface area contributed by atoms with Crippen LogP contribution in [0.3, 0.4) is 0 Å². The molecule has 1 saturated heterocycles. The molecule has 2 fully saturated rings. The van der Waals surface area contributed by atoms with Crippen LogP contribution in [0.1, 0.15) is 49.7 Å². The number of carbonyl (C=O) groups excluding carboxylic acids is 2. The van der Waals surface area contributed by atoms with Crippen molar-refractivity contribution in [3.05, 3.63) is 71.5 Å². The van der Waals surface area contributed by atoms with Crippen LogP contribution < -0.4 is 5.32 Å². The zero-order valence-corrected chi connectivity index (χ0v) is 16.6. The highest BCUT2D eigenvalue weighted by Gasteiger charge is 2.58. The zero-order valence-electron chi connectivity index (χ0n) is 16.6. The van der Waals surface area contributed by atoms with Gasteiger partial charge in [-0.3, -0.25) is 9.59 Å². The minimum atomic E-state index is -1.26. The monoisotopic (exact) mass is 394 g/mol. The Kier molecular flexibility index (Phi) is 5.65. The molecule has 29 heavy (non-hydrogen) atoms. The molecule has 2 aromatic rings. The smallest absolute Gasteiger partial charge is 0.251 e. The lowest BCUT2D eigenvalue weighted by Gasteiger charge is -2.51. The van der Waals surface area contributed by atoms with Crippen LogP contribution in [-0.4, -0.2) is 29.3 Å². The number of halogens is 1. The van der Waals surface area contributed by atoms with Crippen molar-refractivity contribution in [1.82, 2.24) is 10.2 Å². The lowest BCUT2D eigenvalue weighted by molar-refractivity contribution is -0.168. The van der Waals surface area contributed by atoms with Gasteiger partial charge in [0.1, 0.15) is 5.82 Å². The second-order valence-corrected chi connectivity index (χ2v) is 8.11.